The molecule has 1 saturated heterocycles. The van der Waals surface area contributed by atoms with Crippen molar-refractivity contribution in [2.75, 3.05) is 20.1 Å². The Balaban J connectivity index is 1.87. The summed E-state index contributed by atoms with van der Waals surface area (Å²) in [5.41, 5.74) is 0. The van der Waals surface area contributed by atoms with Gasteiger partial charge in [-0.25, -0.2) is 17.9 Å². The molecule has 0 aliphatic carbocycles. The first-order chi connectivity index (χ1) is 10.8. The van der Waals surface area contributed by atoms with Gasteiger partial charge in [0.2, 0.25) is 10.0 Å². The number of cyclic esters (lactones) is 1. The largest absolute Gasteiger partial charge is 0.491 e. The molecule has 1 aromatic carbocycles. The Morgan fingerprint density at radius 1 is 1.35 bits per heavy atom. The van der Waals surface area contributed by atoms with Crippen LogP contribution in [0.4, 0.5) is 4.79 Å². The number of rotatable bonds is 7. The topological polar surface area (TPSA) is 84.9 Å². The summed E-state index contributed by atoms with van der Waals surface area (Å²) < 4.78 is 37.5. The minimum Gasteiger partial charge on any atom is -0.491 e. The Labute approximate surface area is 136 Å². The summed E-state index contributed by atoms with van der Waals surface area (Å²) in [5, 5.41) is 0. The zero-order valence-electron chi connectivity index (χ0n) is 13.5. The van der Waals surface area contributed by atoms with Crippen LogP contribution in [0, 0.1) is 0 Å². The molecule has 1 unspecified atom stereocenters. The number of carbonyl (C=O) groups is 1. The molecule has 23 heavy (non-hydrogen) atoms. The summed E-state index contributed by atoms with van der Waals surface area (Å²) in [4.78, 5) is 12.9. The molecule has 1 heterocycles. The van der Waals surface area contributed by atoms with Crippen molar-refractivity contribution >= 4 is 16.1 Å². The predicted molar refractivity (Wildman–Crippen MR) is 84.9 cm³/mol. The van der Waals surface area contributed by atoms with E-state index in [1.165, 1.54) is 17.0 Å². The molecule has 0 saturated carbocycles. The van der Waals surface area contributed by atoms with Gasteiger partial charge >= 0.3 is 6.09 Å². The summed E-state index contributed by atoms with van der Waals surface area (Å²) in [6, 6.07) is 6.26. The molecule has 0 bridgehead atoms. The number of ether oxygens (including phenoxy) is 2. The fourth-order valence-corrected chi connectivity index (χ4v) is 3.25. The van der Waals surface area contributed by atoms with E-state index in [1.807, 2.05) is 13.8 Å². The van der Waals surface area contributed by atoms with Crippen molar-refractivity contribution in [2.24, 2.45) is 0 Å². The third-order valence-corrected chi connectivity index (χ3v) is 4.80. The lowest BCUT2D eigenvalue weighted by atomic mass is 10.2. The van der Waals surface area contributed by atoms with Gasteiger partial charge in [0.15, 0.2) is 0 Å². The van der Waals surface area contributed by atoms with Gasteiger partial charge in [0.25, 0.3) is 0 Å². The predicted octanol–water partition coefficient (Wildman–Crippen LogP) is 1.59. The molecule has 0 aromatic heterocycles. The van der Waals surface area contributed by atoms with Crippen LogP contribution in [-0.4, -0.2) is 51.8 Å². The smallest absolute Gasteiger partial charge is 0.409 e. The second-order valence-electron chi connectivity index (χ2n) is 5.71. The normalized spacial score (nSPS) is 18.3. The minimum absolute atomic E-state index is 0.0304. The number of nitrogens with one attached hydrogen (secondary N) is 1. The first-order valence-electron chi connectivity index (χ1n) is 7.46. The van der Waals surface area contributed by atoms with Gasteiger partial charge in [-0.3, -0.25) is 0 Å². The zero-order valence-corrected chi connectivity index (χ0v) is 14.3. The number of likely N-dealkylation sites (N-methyl/N-ethyl adjacent to an activating group) is 1. The van der Waals surface area contributed by atoms with E-state index in [1.54, 1.807) is 19.2 Å². The van der Waals surface area contributed by atoms with Gasteiger partial charge in [-0.15, -0.1) is 0 Å². The number of hydrogen-bond acceptors (Lipinski definition) is 5. The van der Waals surface area contributed by atoms with Crippen molar-refractivity contribution in [1.82, 2.24) is 9.62 Å². The molecular formula is C15H22N2O5S. The molecule has 2 rings (SSSR count). The summed E-state index contributed by atoms with van der Waals surface area (Å²) >= 11 is 0. The molecule has 1 aliphatic heterocycles. The Kier molecular flexibility index (Phi) is 5.48. The van der Waals surface area contributed by atoms with Gasteiger partial charge in [-0.2, -0.15) is 0 Å². The van der Waals surface area contributed by atoms with Crippen molar-refractivity contribution < 1.29 is 22.7 Å². The molecule has 1 amide bonds. The van der Waals surface area contributed by atoms with Crippen molar-refractivity contribution in [3.63, 3.8) is 0 Å². The second kappa shape index (κ2) is 7.18. The third-order valence-electron chi connectivity index (χ3n) is 3.32. The highest BCUT2D eigenvalue weighted by molar-refractivity contribution is 7.89. The van der Waals surface area contributed by atoms with Crippen LogP contribution in [0.3, 0.4) is 0 Å². The van der Waals surface area contributed by atoms with Crippen LogP contribution in [0.1, 0.15) is 20.3 Å². The highest BCUT2D eigenvalue weighted by Gasteiger charge is 2.28. The van der Waals surface area contributed by atoms with Crippen molar-refractivity contribution in [1.29, 1.82) is 0 Å². The van der Waals surface area contributed by atoms with Crippen molar-refractivity contribution in [3.05, 3.63) is 24.3 Å². The van der Waals surface area contributed by atoms with Gasteiger partial charge in [0.05, 0.1) is 17.5 Å². The van der Waals surface area contributed by atoms with Crippen molar-refractivity contribution in [2.45, 2.75) is 37.4 Å². The molecule has 0 radical (unpaired) electrons. The molecule has 1 fully saturated rings. The second-order valence-corrected chi connectivity index (χ2v) is 7.48. The lowest BCUT2D eigenvalue weighted by molar-refractivity contribution is 0.131. The summed E-state index contributed by atoms with van der Waals surface area (Å²) in [6.07, 6.45) is -0.192. The maximum absolute atomic E-state index is 12.2. The fourth-order valence-electron chi connectivity index (χ4n) is 2.21. The number of nitrogens with zero attached hydrogens (tertiary/aromatic N) is 1. The van der Waals surface area contributed by atoms with E-state index >= 15 is 0 Å². The van der Waals surface area contributed by atoms with Crippen LogP contribution in [0.15, 0.2) is 29.2 Å². The maximum atomic E-state index is 12.2. The Bertz CT molecular complexity index is 642. The van der Waals surface area contributed by atoms with E-state index in [2.05, 4.69) is 4.72 Å². The molecule has 8 heteroatoms. The number of hydrogen-bond donors (Lipinski definition) is 1. The molecule has 1 atom stereocenters. The molecule has 128 valence electrons. The molecule has 7 nitrogen and oxygen atoms in total. The third kappa shape index (κ3) is 4.84. The Morgan fingerprint density at radius 3 is 2.52 bits per heavy atom. The van der Waals surface area contributed by atoms with E-state index in [9.17, 15) is 13.2 Å². The van der Waals surface area contributed by atoms with Crippen LogP contribution in [-0.2, 0) is 14.8 Å². The monoisotopic (exact) mass is 342 g/mol. The van der Waals surface area contributed by atoms with Gasteiger partial charge in [0.1, 0.15) is 11.9 Å². The van der Waals surface area contributed by atoms with Crippen LogP contribution in [0.25, 0.3) is 0 Å². The van der Waals surface area contributed by atoms with Crippen LogP contribution in [0.5, 0.6) is 5.75 Å². The van der Waals surface area contributed by atoms with Gasteiger partial charge < -0.3 is 14.4 Å². The zero-order chi connectivity index (χ0) is 17.0. The highest BCUT2D eigenvalue weighted by atomic mass is 32.2. The number of amides is 1. The molecule has 1 aliphatic rings. The average Bonchev–Trinajstić information content (AvgIpc) is 2.77. The maximum Gasteiger partial charge on any atom is 0.409 e. The fraction of sp³-hybridized carbons (Fsp3) is 0.533. The van der Waals surface area contributed by atoms with E-state index in [0.29, 0.717) is 18.7 Å². The van der Waals surface area contributed by atoms with Crippen LogP contribution < -0.4 is 9.46 Å². The quantitative estimate of drug-likeness (QED) is 0.813. The van der Waals surface area contributed by atoms with E-state index < -0.39 is 10.0 Å². The molecular weight excluding hydrogens is 320 g/mol. The minimum atomic E-state index is -3.58. The summed E-state index contributed by atoms with van der Waals surface area (Å²) in [6.45, 7) is 4.49. The molecule has 1 N–H and O–H groups in total. The Hall–Kier alpha value is -1.80. The van der Waals surface area contributed by atoms with Gasteiger partial charge in [-0.1, -0.05) is 0 Å². The Morgan fingerprint density at radius 2 is 2.00 bits per heavy atom. The number of sulfonamides is 1. The molecule has 1 aromatic rings. The van der Waals surface area contributed by atoms with Gasteiger partial charge in [0, 0.05) is 13.6 Å². The summed E-state index contributed by atoms with van der Waals surface area (Å²) in [5.74, 6) is 0.625. The number of carbonyl (C=O) groups excluding carboxylic acids is 1. The average molecular weight is 342 g/mol. The van der Waals surface area contributed by atoms with Crippen molar-refractivity contribution in [3.8, 4) is 5.75 Å². The lowest BCUT2D eigenvalue weighted by Gasteiger charge is -2.12. The van der Waals surface area contributed by atoms with E-state index in [4.69, 9.17) is 9.47 Å². The molecule has 0 spiro atoms. The van der Waals surface area contributed by atoms with Crippen LogP contribution >= 0.6 is 0 Å². The SMILES string of the molecule is CC(C)Oc1ccc(S(=O)(=O)NCCC2CN(C)C(=O)O2)cc1. The van der Waals surface area contributed by atoms with E-state index in [0.717, 1.165) is 0 Å². The highest BCUT2D eigenvalue weighted by Crippen LogP contribution is 2.17. The standard InChI is InChI=1S/C15H22N2O5S/c1-11(2)21-12-4-6-14(7-5-12)23(19,20)16-9-8-13-10-17(3)15(18)22-13/h4-7,11,13,16H,8-10H2,1-3H3. The van der Waals surface area contributed by atoms with Gasteiger partial charge in [-0.05, 0) is 44.5 Å². The summed E-state index contributed by atoms with van der Waals surface area (Å²) in [7, 11) is -1.94. The van der Waals surface area contributed by atoms with Crippen LogP contribution in [0.2, 0.25) is 0 Å². The number of benzene rings is 1. The lowest BCUT2D eigenvalue weighted by Crippen LogP contribution is -2.28. The van der Waals surface area contributed by atoms with E-state index in [-0.39, 0.29) is 29.7 Å². The first kappa shape index (κ1) is 17.6. The first-order valence-corrected chi connectivity index (χ1v) is 8.94.